The molecule has 0 bridgehead atoms. The van der Waals surface area contributed by atoms with Gasteiger partial charge in [0.15, 0.2) is 0 Å². The van der Waals surface area contributed by atoms with Gasteiger partial charge in [-0.3, -0.25) is 4.79 Å². The molecule has 0 aromatic heterocycles. The lowest BCUT2D eigenvalue weighted by molar-refractivity contribution is -0.117. The second kappa shape index (κ2) is 4.09. The lowest BCUT2D eigenvalue weighted by Gasteiger charge is -2.18. The third-order valence-corrected chi connectivity index (χ3v) is 2.86. The summed E-state index contributed by atoms with van der Waals surface area (Å²) in [5.74, 6) is -0.413. The SMILES string of the molecule is NCC1CC(=O)N(c2cccc(F)c2N)C1. The lowest BCUT2D eigenvalue weighted by Crippen LogP contribution is -2.26. The van der Waals surface area contributed by atoms with E-state index in [1.807, 2.05) is 0 Å². The van der Waals surface area contributed by atoms with Gasteiger partial charge in [0.2, 0.25) is 5.91 Å². The first kappa shape index (κ1) is 10.9. The quantitative estimate of drug-likeness (QED) is 0.725. The molecular formula is C11H14FN3O. The topological polar surface area (TPSA) is 72.4 Å². The number of amides is 1. The molecule has 16 heavy (non-hydrogen) atoms. The highest BCUT2D eigenvalue weighted by atomic mass is 19.1. The number of nitrogens with two attached hydrogens (primary N) is 2. The van der Waals surface area contributed by atoms with Crippen LogP contribution in [0.15, 0.2) is 18.2 Å². The molecule has 1 aliphatic rings. The second-order valence-corrected chi connectivity index (χ2v) is 3.98. The van der Waals surface area contributed by atoms with Gasteiger partial charge in [-0.15, -0.1) is 0 Å². The Bertz CT molecular complexity index is 422. The minimum atomic E-state index is -0.499. The third kappa shape index (κ3) is 1.74. The number of hydrogen-bond donors (Lipinski definition) is 2. The Kier molecular flexibility index (Phi) is 2.78. The van der Waals surface area contributed by atoms with Gasteiger partial charge in [0, 0.05) is 13.0 Å². The summed E-state index contributed by atoms with van der Waals surface area (Å²) in [7, 11) is 0. The highest BCUT2D eigenvalue weighted by Crippen LogP contribution is 2.30. The van der Waals surface area contributed by atoms with Crippen LogP contribution in [0, 0.1) is 11.7 Å². The second-order valence-electron chi connectivity index (χ2n) is 3.98. The smallest absolute Gasteiger partial charge is 0.227 e. The summed E-state index contributed by atoms with van der Waals surface area (Å²) in [5, 5.41) is 0. The van der Waals surface area contributed by atoms with Gasteiger partial charge in [-0.05, 0) is 24.6 Å². The van der Waals surface area contributed by atoms with Gasteiger partial charge in [0.05, 0.1) is 11.4 Å². The van der Waals surface area contributed by atoms with Gasteiger partial charge in [-0.2, -0.15) is 0 Å². The van der Waals surface area contributed by atoms with Gasteiger partial charge in [0.25, 0.3) is 0 Å². The number of para-hydroxylation sites is 1. The third-order valence-electron chi connectivity index (χ3n) is 2.86. The van der Waals surface area contributed by atoms with E-state index in [0.29, 0.717) is 25.2 Å². The maximum Gasteiger partial charge on any atom is 0.227 e. The van der Waals surface area contributed by atoms with Gasteiger partial charge in [0.1, 0.15) is 5.82 Å². The normalized spacial score (nSPS) is 20.5. The molecule has 4 N–H and O–H groups in total. The minimum absolute atomic E-state index is 0.0218. The Balaban J connectivity index is 2.31. The first-order chi connectivity index (χ1) is 7.63. The molecule has 1 fully saturated rings. The molecule has 0 radical (unpaired) electrons. The molecule has 0 saturated carbocycles. The molecule has 0 aliphatic carbocycles. The zero-order chi connectivity index (χ0) is 11.7. The average molecular weight is 223 g/mol. The molecule has 1 aromatic rings. The molecule has 1 aromatic carbocycles. The van der Waals surface area contributed by atoms with E-state index in [1.54, 1.807) is 12.1 Å². The molecular weight excluding hydrogens is 209 g/mol. The van der Waals surface area contributed by atoms with Crippen molar-refractivity contribution >= 4 is 17.3 Å². The molecule has 1 heterocycles. The van der Waals surface area contributed by atoms with E-state index in [0.717, 1.165) is 0 Å². The van der Waals surface area contributed by atoms with Crippen molar-refractivity contribution in [2.45, 2.75) is 6.42 Å². The summed E-state index contributed by atoms with van der Waals surface area (Å²) in [4.78, 5) is 13.2. The van der Waals surface area contributed by atoms with Crippen LogP contribution in [-0.2, 0) is 4.79 Å². The Morgan fingerprint density at radius 1 is 1.50 bits per heavy atom. The fourth-order valence-electron chi connectivity index (χ4n) is 1.93. The molecule has 1 saturated heterocycles. The van der Waals surface area contributed by atoms with Crippen molar-refractivity contribution in [3.8, 4) is 0 Å². The number of anilines is 2. The van der Waals surface area contributed by atoms with Crippen molar-refractivity contribution in [1.82, 2.24) is 0 Å². The zero-order valence-electron chi connectivity index (χ0n) is 8.82. The van der Waals surface area contributed by atoms with E-state index >= 15 is 0 Å². The maximum absolute atomic E-state index is 13.3. The highest BCUT2D eigenvalue weighted by Gasteiger charge is 2.30. The average Bonchev–Trinajstić information content (AvgIpc) is 2.64. The van der Waals surface area contributed by atoms with E-state index in [-0.39, 0.29) is 17.5 Å². The lowest BCUT2D eigenvalue weighted by atomic mass is 10.1. The monoisotopic (exact) mass is 223 g/mol. The highest BCUT2D eigenvalue weighted by molar-refractivity contribution is 5.98. The number of carbonyl (C=O) groups excluding carboxylic acids is 1. The van der Waals surface area contributed by atoms with E-state index in [9.17, 15) is 9.18 Å². The van der Waals surface area contributed by atoms with Crippen LogP contribution in [-0.4, -0.2) is 19.0 Å². The fourth-order valence-corrected chi connectivity index (χ4v) is 1.93. The van der Waals surface area contributed by atoms with Crippen LogP contribution in [0.3, 0.4) is 0 Å². The van der Waals surface area contributed by atoms with Gasteiger partial charge >= 0.3 is 0 Å². The number of carbonyl (C=O) groups is 1. The summed E-state index contributed by atoms with van der Waals surface area (Å²) in [6.07, 6.45) is 0.409. The molecule has 1 unspecified atom stereocenters. The van der Waals surface area contributed by atoms with Crippen LogP contribution in [0.2, 0.25) is 0 Å². The Morgan fingerprint density at radius 3 is 2.88 bits per heavy atom. The summed E-state index contributed by atoms with van der Waals surface area (Å²) >= 11 is 0. The number of nitrogen functional groups attached to an aromatic ring is 1. The number of nitrogens with zero attached hydrogens (tertiary/aromatic N) is 1. The van der Waals surface area contributed by atoms with E-state index in [1.165, 1.54) is 11.0 Å². The Morgan fingerprint density at radius 2 is 2.25 bits per heavy atom. The molecule has 1 atom stereocenters. The van der Waals surface area contributed by atoms with E-state index in [4.69, 9.17) is 11.5 Å². The van der Waals surface area contributed by atoms with Crippen molar-refractivity contribution < 1.29 is 9.18 Å². The first-order valence-electron chi connectivity index (χ1n) is 5.18. The van der Waals surface area contributed by atoms with E-state index in [2.05, 4.69) is 0 Å². The fraction of sp³-hybridized carbons (Fsp3) is 0.364. The van der Waals surface area contributed by atoms with Crippen LogP contribution >= 0.6 is 0 Å². The molecule has 1 amide bonds. The molecule has 0 spiro atoms. The zero-order valence-corrected chi connectivity index (χ0v) is 8.82. The summed E-state index contributed by atoms with van der Waals surface area (Å²) < 4.78 is 13.3. The number of hydrogen-bond acceptors (Lipinski definition) is 3. The molecule has 86 valence electrons. The van der Waals surface area contributed by atoms with Crippen molar-refractivity contribution in [3.63, 3.8) is 0 Å². The Hall–Kier alpha value is -1.62. The summed E-state index contributed by atoms with van der Waals surface area (Å²) in [6.45, 7) is 0.973. The summed E-state index contributed by atoms with van der Waals surface area (Å²) in [5.41, 5.74) is 11.6. The van der Waals surface area contributed by atoms with Gasteiger partial charge in [-0.1, -0.05) is 6.07 Å². The van der Waals surface area contributed by atoms with Crippen LogP contribution in [0.25, 0.3) is 0 Å². The predicted molar refractivity (Wildman–Crippen MR) is 60.3 cm³/mol. The number of halogens is 1. The number of benzene rings is 1. The molecule has 4 nitrogen and oxygen atoms in total. The van der Waals surface area contributed by atoms with Gasteiger partial charge < -0.3 is 16.4 Å². The molecule has 1 aliphatic heterocycles. The maximum atomic E-state index is 13.3. The van der Waals surface area contributed by atoms with Crippen molar-refractivity contribution in [2.24, 2.45) is 11.7 Å². The van der Waals surface area contributed by atoms with Crippen LogP contribution in [0.1, 0.15) is 6.42 Å². The van der Waals surface area contributed by atoms with Crippen molar-refractivity contribution in [1.29, 1.82) is 0 Å². The summed E-state index contributed by atoms with van der Waals surface area (Å²) in [6, 6.07) is 4.47. The van der Waals surface area contributed by atoms with Crippen LogP contribution in [0.4, 0.5) is 15.8 Å². The molecule has 5 heteroatoms. The standard InChI is InChI=1S/C11H14FN3O/c12-8-2-1-3-9(11(8)14)15-6-7(5-13)4-10(15)16/h1-3,7H,4-6,13-14H2. The first-order valence-corrected chi connectivity index (χ1v) is 5.18. The largest absolute Gasteiger partial charge is 0.395 e. The Labute approximate surface area is 93.0 Å². The van der Waals surface area contributed by atoms with Crippen LogP contribution in [0.5, 0.6) is 0 Å². The number of rotatable bonds is 2. The predicted octanol–water partition coefficient (Wildman–Crippen LogP) is 0.719. The van der Waals surface area contributed by atoms with Crippen LogP contribution < -0.4 is 16.4 Å². The minimum Gasteiger partial charge on any atom is -0.395 e. The molecule has 2 rings (SSSR count). The van der Waals surface area contributed by atoms with Crippen molar-refractivity contribution in [2.75, 3.05) is 23.7 Å². The van der Waals surface area contributed by atoms with Gasteiger partial charge in [-0.25, -0.2) is 4.39 Å². The van der Waals surface area contributed by atoms with E-state index < -0.39 is 5.82 Å². The van der Waals surface area contributed by atoms with Crippen molar-refractivity contribution in [3.05, 3.63) is 24.0 Å².